The van der Waals surface area contributed by atoms with Crippen molar-refractivity contribution in [3.8, 4) is 0 Å². The van der Waals surface area contributed by atoms with E-state index in [9.17, 15) is 0 Å². The van der Waals surface area contributed by atoms with Crippen LogP contribution >= 0.6 is 20.2 Å². The summed E-state index contributed by atoms with van der Waals surface area (Å²) in [4.78, 5) is 0. The molecular formula is C12H10Cl2Se. The average molecular weight is 304 g/mol. The van der Waals surface area contributed by atoms with Crippen LogP contribution in [0.2, 0.25) is 0 Å². The molecule has 0 heterocycles. The predicted molar refractivity (Wildman–Crippen MR) is 69.6 cm³/mol. The van der Waals surface area contributed by atoms with Crippen LogP contribution in [-0.4, -0.2) is 11.0 Å². The number of benzene rings is 2. The van der Waals surface area contributed by atoms with Crippen molar-refractivity contribution in [1.29, 1.82) is 0 Å². The van der Waals surface area contributed by atoms with Crippen LogP contribution in [0.3, 0.4) is 0 Å². The van der Waals surface area contributed by atoms with Gasteiger partial charge in [0.1, 0.15) is 0 Å². The van der Waals surface area contributed by atoms with E-state index in [2.05, 4.69) is 0 Å². The number of rotatable bonds is 2. The molecule has 0 radical (unpaired) electrons. The van der Waals surface area contributed by atoms with Gasteiger partial charge < -0.3 is 0 Å². The third-order valence-electron chi connectivity index (χ3n) is 2.08. The maximum absolute atomic E-state index is 6.51. The Morgan fingerprint density at radius 2 is 0.933 bits per heavy atom. The summed E-state index contributed by atoms with van der Waals surface area (Å²) >= 11 is -2.70. The van der Waals surface area contributed by atoms with Crippen molar-refractivity contribution >= 4 is 40.1 Å². The first-order chi connectivity index (χ1) is 7.21. The maximum atomic E-state index is 6.51. The van der Waals surface area contributed by atoms with E-state index >= 15 is 0 Å². The fraction of sp³-hybridized carbons (Fsp3) is 0. The fourth-order valence-corrected chi connectivity index (χ4v) is 6.12. The van der Waals surface area contributed by atoms with Crippen LogP contribution in [-0.2, 0) is 0 Å². The Morgan fingerprint density at radius 3 is 1.27 bits per heavy atom. The van der Waals surface area contributed by atoms with Crippen LogP contribution in [0.25, 0.3) is 0 Å². The van der Waals surface area contributed by atoms with Crippen LogP contribution in [0.1, 0.15) is 0 Å². The zero-order valence-corrected chi connectivity index (χ0v) is 11.2. The predicted octanol–water partition coefficient (Wildman–Crippen LogP) is 2.72. The van der Waals surface area contributed by atoms with Crippen LogP contribution < -0.4 is 8.92 Å². The first-order valence-electron chi connectivity index (χ1n) is 4.54. The Balaban J connectivity index is 2.44. The second-order valence-electron chi connectivity index (χ2n) is 3.10. The normalized spacial score (nSPS) is 12.4. The molecule has 0 saturated heterocycles. The van der Waals surface area contributed by atoms with Gasteiger partial charge in [0.05, 0.1) is 0 Å². The molecule has 0 unspecified atom stereocenters. The Morgan fingerprint density at radius 1 is 0.600 bits per heavy atom. The zero-order chi connectivity index (χ0) is 10.7. The molecule has 0 aliphatic carbocycles. The van der Waals surface area contributed by atoms with E-state index in [1.165, 1.54) is 0 Å². The molecule has 3 heteroatoms. The molecule has 15 heavy (non-hydrogen) atoms. The Bertz CT molecular complexity index is 384. The minimum atomic E-state index is -2.70. The van der Waals surface area contributed by atoms with E-state index < -0.39 is 11.0 Å². The number of hydrogen-bond donors (Lipinski definition) is 0. The molecule has 0 fully saturated rings. The van der Waals surface area contributed by atoms with Crippen LogP contribution in [0.5, 0.6) is 0 Å². The average Bonchev–Trinajstić information content (AvgIpc) is 2.31. The SMILES string of the molecule is Cl[Se](Cl)(c1ccccc1)c1ccccc1. The molecule has 0 N–H and O–H groups in total. The summed E-state index contributed by atoms with van der Waals surface area (Å²) in [5, 5.41) is 0. The zero-order valence-electron chi connectivity index (χ0n) is 7.94. The van der Waals surface area contributed by atoms with Gasteiger partial charge in [0, 0.05) is 0 Å². The fourth-order valence-electron chi connectivity index (χ4n) is 1.32. The van der Waals surface area contributed by atoms with Crippen molar-refractivity contribution in [2.45, 2.75) is 0 Å². The molecule has 0 bridgehead atoms. The summed E-state index contributed by atoms with van der Waals surface area (Å²) in [6.45, 7) is 0. The van der Waals surface area contributed by atoms with E-state index in [1.807, 2.05) is 60.7 Å². The summed E-state index contributed by atoms with van der Waals surface area (Å²) < 4.78 is 2.09. The van der Waals surface area contributed by atoms with E-state index in [0.717, 1.165) is 8.92 Å². The standard InChI is InChI=1S/C12H10Cl2Se/c13-15(14,11-7-3-1-4-8-11)12-9-5-2-6-10-12/h1-10H. The van der Waals surface area contributed by atoms with Crippen molar-refractivity contribution in [3.05, 3.63) is 60.7 Å². The van der Waals surface area contributed by atoms with Gasteiger partial charge in [0.15, 0.2) is 0 Å². The number of halogens is 2. The third kappa shape index (κ3) is 2.38. The van der Waals surface area contributed by atoms with Gasteiger partial charge in [-0.15, -0.1) is 0 Å². The summed E-state index contributed by atoms with van der Waals surface area (Å²) in [6.07, 6.45) is 0. The van der Waals surface area contributed by atoms with Gasteiger partial charge in [-0.25, -0.2) is 0 Å². The summed E-state index contributed by atoms with van der Waals surface area (Å²) in [7, 11) is 13.0. The van der Waals surface area contributed by atoms with E-state index in [1.54, 1.807) is 0 Å². The molecule has 0 nitrogen and oxygen atoms in total. The van der Waals surface area contributed by atoms with E-state index in [4.69, 9.17) is 20.2 Å². The second kappa shape index (κ2) is 4.59. The minimum absolute atomic E-state index is 1.04. The van der Waals surface area contributed by atoms with Crippen molar-refractivity contribution in [3.63, 3.8) is 0 Å². The molecule has 0 aromatic heterocycles. The summed E-state index contributed by atoms with van der Waals surface area (Å²) in [5.74, 6) is 0. The molecule has 0 spiro atoms. The van der Waals surface area contributed by atoms with Crippen molar-refractivity contribution in [2.75, 3.05) is 0 Å². The molecule has 2 rings (SSSR count). The van der Waals surface area contributed by atoms with Crippen molar-refractivity contribution < 1.29 is 0 Å². The van der Waals surface area contributed by atoms with Gasteiger partial charge in [-0.1, -0.05) is 0 Å². The molecule has 2 aromatic carbocycles. The Hall–Kier alpha value is -0.461. The molecule has 0 aliphatic rings. The molecule has 78 valence electrons. The Kier molecular flexibility index (Phi) is 3.38. The second-order valence-corrected chi connectivity index (χ2v) is 12.7. The summed E-state index contributed by atoms with van der Waals surface area (Å²) in [6, 6.07) is 19.8. The molecule has 2 aromatic rings. The molecular weight excluding hydrogens is 294 g/mol. The van der Waals surface area contributed by atoms with Crippen LogP contribution in [0.15, 0.2) is 60.7 Å². The van der Waals surface area contributed by atoms with Crippen LogP contribution in [0, 0.1) is 0 Å². The van der Waals surface area contributed by atoms with E-state index in [-0.39, 0.29) is 0 Å². The molecule has 0 atom stereocenters. The topological polar surface area (TPSA) is 0 Å². The molecule has 0 amide bonds. The van der Waals surface area contributed by atoms with Gasteiger partial charge in [0.25, 0.3) is 0 Å². The van der Waals surface area contributed by atoms with E-state index in [0.29, 0.717) is 0 Å². The first-order valence-corrected chi connectivity index (χ1v) is 10.8. The number of hydrogen-bond acceptors (Lipinski definition) is 0. The monoisotopic (exact) mass is 304 g/mol. The van der Waals surface area contributed by atoms with Gasteiger partial charge in [0.2, 0.25) is 0 Å². The van der Waals surface area contributed by atoms with Crippen molar-refractivity contribution in [2.24, 2.45) is 0 Å². The molecule has 0 saturated carbocycles. The summed E-state index contributed by atoms with van der Waals surface area (Å²) in [5.41, 5.74) is 0. The van der Waals surface area contributed by atoms with Gasteiger partial charge >= 0.3 is 101 Å². The molecule has 0 aliphatic heterocycles. The van der Waals surface area contributed by atoms with Gasteiger partial charge in [-0.05, 0) is 0 Å². The quantitative estimate of drug-likeness (QED) is 0.749. The van der Waals surface area contributed by atoms with Gasteiger partial charge in [-0.2, -0.15) is 0 Å². The van der Waals surface area contributed by atoms with Crippen molar-refractivity contribution in [1.82, 2.24) is 0 Å². The first kappa shape index (κ1) is 11.0. The Labute approximate surface area is 101 Å². The van der Waals surface area contributed by atoms with Crippen LogP contribution in [0.4, 0.5) is 0 Å². The van der Waals surface area contributed by atoms with Gasteiger partial charge in [-0.3, -0.25) is 0 Å². The third-order valence-corrected chi connectivity index (χ3v) is 9.41.